The normalized spacial score (nSPS) is 6.00. The first-order chi connectivity index (χ1) is 1.73. The third-order valence-corrected chi connectivity index (χ3v) is 0. The number of rotatable bonds is 0. The molecule has 0 spiro atoms. The molecule has 0 unspecified atom stereocenters. The monoisotopic (exact) mass is 214 g/mol. The van der Waals surface area contributed by atoms with Crippen LogP contribution in [0.25, 0.3) is 0 Å². The van der Waals surface area contributed by atoms with Gasteiger partial charge in [0.1, 0.15) is 0 Å². The molecule has 6 heavy (non-hydrogen) atoms. The molecule has 0 heterocycles. The fraction of sp³-hybridized carbons (Fsp3) is 1.00. The van der Waals surface area contributed by atoms with Crippen molar-refractivity contribution in [2.75, 3.05) is 0 Å². The van der Waals surface area contributed by atoms with E-state index in [-0.39, 0.29) is 37.0 Å². The van der Waals surface area contributed by atoms with Crippen LogP contribution in [0.1, 0.15) is 7.43 Å². The van der Waals surface area contributed by atoms with Gasteiger partial charge in [-0.25, -0.2) is 0 Å². The predicted molar refractivity (Wildman–Crippen MR) is 6.73 cm³/mol. The SMILES string of the molecule is C.[Na+].[O-][I+2]([O-])[O-]. The van der Waals surface area contributed by atoms with Crippen LogP contribution in [-0.4, -0.2) is 0 Å². The molecule has 5 heteroatoms. The second-order valence-corrected chi connectivity index (χ2v) is 1.27. The second kappa shape index (κ2) is 9.79. The Labute approximate surface area is 67.7 Å². The minimum atomic E-state index is -4.01. The minimum Gasteiger partial charge on any atom is -0.427 e. The molecule has 0 aromatic carbocycles. The summed E-state index contributed by atoms with van der Waals surface area (Å²) in [6.45, 7) is 0. The van der Waals surface area contributed by atoms with Crippen molar-refractivity contribution in [2.45, 2.75) is 7.43 Å². The molecule has 0 atom stereocenters. The van der Waals surface area contributed by atoms with E-state index in [0.29, 0.717) is 0 Å². The van der Waals surface area contributed by atoms with Crippen LogP contribution in [0.4, 0.5) is 0 Å². The molecule has 34 valence electrons. The third-order valence-electron chi connectivity index (χ3n) is 0. The van der Waals surface area contributed by atoms with Crippen molar-refractivity contribution in [1.82, 2.24) is 0 Å². The number of hydrogen-bond donors (Lipinski definition) is 0. The predicted octanol–water partition coefficient (Wildman–Crippen LogP) is -8.92. The van der Waals surface area contributed by atoms with E-state index in [2.05, 4.69) is 0 Å². The zero-order chi connectivity index (χ0) is 3.58. The molecule has 3 nitrogen and oxygen atoms in total. The molecule has 0 radical (unpaired) electrons. The van der Waals surface area contributed by atoms with Crippen LogP contribution in [0.15, 0.2) is 0 Å². The summed E-state index contributed by atoms with van der Waals surface area (Å²) in [5.74, 6) is 0. The largest absolute Gasteiger partial charge is 1.00 e. The number of halogens is 1. The van der Waals surface area contributed by atoms with Crippen molar-refractivity contribution in [1.29, 1.82) is 0 Å². The molecule has 0 rings (SSSR count). The first kappa shape index (κ1) is 15.6. The Morgan fingerprint density at radius 2 is 1.00 bits per heavy atom. The summed E-state index contributed by atoms with van der Waals surface area (Å²) in [6, 6.07) is 0. The third kappa shape index (κ3) is 46.0. The van der Waals surface area contributed by atoms with Gasteiger partial charge in [-0.15, -0.1) is 0 Å². The summed E-state index contributed by atoms with van der Waals surface area (Å²) in [4.78, 5) is 0. The maximum Gasteiger partial charge on any atom is 1.00 e. The molecule has 0 aliphatic rings. The van der Waals surface area contributed by atoms with Crippen molar-refractivity contribution in [3.63, 3.8) is 0 Å². The molecule has 0 saturated heterocycles. The van der Waals surface area contributed by atoms with Crippen molar-refractivity contribution < 1.29 is 60.9 Å². The van der Waals surface area contributed by atoms with Crippen LogP contribution < -0.4 is 60.9 Å². The van der Waals surface area contributed by atoms with Crippen LogP contribution in [0, 0.1) is 0 Å². The molecule has 0 fully saturated rings. The van der Waals surface area contributed by atoms with Gasteiger partial charge >= 0.3 is 29.6 Å². The smallest absolute Gasteiger partial charge is 0.427 e. The fourth-order valence-electron chi connectivity index (χ4n) is 0. The summed E-state index contributed by atoms with van der Waals surface area (Å²) in [6.07, 6.45) is 0. The van der Waals surface area contributed by atoms with Crippen molar-refractivity contribution in [3.05, 3.63) is 0 Å². The second-order valence-electron chi connectivity index (χ2n) is 0.189. The van der Waals surface area contributed by atoms with Crippen molar-refractivity contribution in [2.24, 2.45) is 0 Å². The Hall–Kier alpha value is 1.61. The zero-order valence-corrected chi connectivity index (χ0v) is 6.76. The van der Waals surface area contributed by atoms with Crippen LogP contribution in [0.2, 0.25) is 0 Å². The average Bonchev–Trinajstić information content (AvgIpc) is 0.811. The zero-order valence-electron chi connectivity index (χ0n) is 2.60. The molecule has 0 amide bonds. The van der Waals surface area contributed by atoms with Crippen LogP contribution >= 0.6 is 0 Å². The maximum atomic E-state index is 8.57. The Morgan fingerprint density at radius 1 is 1.00 bits per heavy atom. The molecule has 0 aromatic rings. The van der Waals surface area contributed by atoms with Crippen LogP contribution in [0.3, 0.4) is 0 Å². The van der Waals surface area contributed by atoms with Crippen molar-refractivity contribution >= 4 is 0 Å². The van der Waals surface area contributed by atoms with Crippen molar-refractivity contribution in [3.8, 4) is 0 Å². The molecular weight excluding hydrogens is 210 g/mol. The Morgan fingerprint density at radius 3 is 1.00 bits per heavy atom. The molecular formula is CH4INaO3. The van der Waals surface area contributed by atoms with Gasteiger partial charge in [0.05, 0.1) is 0 Å². The van der Waals surface area contributed by atoms with Gasteiger partial charge in [0.25, 0.3) is 21.1 Å². The minimum absolute atomic E-state index is 0. The van der Waals surface area contributed by atoms with Gasteiger partial charge in [-0.2, -0.15) is 0 Å². The summed E-state index contributed by atoms with van der Waals surface area (Å²) >= 11 is -4.01. The topological polar surface area (TPSA) is 69.2 Å². The first-order valence-electron chi connectivity index (χ1n) is 0.463. The van der Waals surface area contributed by atoms with Gasteiger partial charge in [0, 0.05) is 0 Å². The molecule has 0 aliphatic heterocycles. The first-order valence-corrected chi connectivity index (χ1v) is 3.11. The van der Waals surface area contributed by atoms with E-state index in [4.69, 9.17) is 10.3 Å². The molecule has 0 aromatic heterocycles. The summed E-state index contributed by atoms with van der Waals surface area (Å²) < 4.78 is 25.7. The van der Waals surface area contributed by atoms with E-state index in [9.17, 15) is 0 Å². The van der Waals surface area contributed by atoms with Gasteiger partial charge in [0.15, 0.2) is 0 Å². The van der Waals surface area contributed by atoms with Gasteiger partial charge in [0.2, 0.25) is 0 Å². The van der Waals surface area contributed by atoms with Gasteiger partial charge in [-0.1, -0.05) is 7.43 Å². The maximum absolute atomic E-state index is 8.57. The standard InChI is InChI=1S/CH4.IO3.Na/c;2-1(3)4;/h1H4;;/q;-1;+1. The fourth-order valence-corrected chi connectivity index (χ4v) is 0. The Kier molecular flexibility index (Phi) is 25.5. The Bertz CT molecular complexity index is 15.5. The van der Waals surface area contributed by atoms with E-state index < -0.39 is 21.1 Å². The summed E-state index contributed by atoms with van der Waals surface area (Å²) in [5.41, 5.74) is 0. The average molecular weight is 214 g/mol. The molecule has 0 N–H and O–H groups in total. The summed E-state index contributed by atoms with van der Waals surface area (Å²) in [7, 11) is 0. The Balaban J connectivity index is -0.0000000450. The van der Waals surface area contributed by atoms with Gasteiger partial charge < -0.3 is 10.3 Å². The van der Waals surface area contributed by atoms with Gasteiger partial charge in [-0.3, -0.25) is 0 Å². The van der Waals surface area contributed by atoms with Crippen LogP contribution in [-0.2, 0) is 0 Å². The van der Waals surface area contributed by atoms with Gasteiger partial charge in [-0.05, 0) is 0 Å². The summed E-state index contributed by atoms with van der Waals surface area (Å²) in [5, 5.41) is 0. The number of hydrogen-bond acceptors (Lipinski definition) is 3. The van der Waals surface area contributed by atoms with E-state index >= 15 is 0 Å². The van der Waals surface area contributed by atoms with E-state index in [1.54, 1.807) is 0 Å². The van der Waals surface area contributed by atoms with Crippen LogP contribution in [0.5, 0.6) is 0 Å². The molecule has 0 bridgehead atoms. The van der Waals surface area contributed by atoms with E-state index in [1.165, 1.54) is 0 Å². The van der Waals surface area contributed by atoms with E-state index in [0.717, 1.165) is 0 Å². The quantitative estimate of drug-likeness (QED) is 0.297. The van der Waals surface area contributed by atoms with E-state index in [1.807, 2.05) is 0 Å². The molecule has 0 aliphatic carbocycles. The molecule has 0 saturated carbocycles.